The van der Waals surface area contributed by atoms with Gasteiger partial charge in [-0.3, -0.25) is 0 Å². The van der Waals surface area contributed by atoms with Gasteiger partial charge in [-0.25, -0.2) is 9.37 Å². The van der Waals surface area contributed by atoms with E-state index in [1.165, 1.54) is 42.3 Å². The molecule has 0 aliphatic carbocycles. The average molecular weight is 289 g/mol. The molecule has 0 amide bonds. The first-order valence-corrected chi connectivity index (χ1v) is 5.99. The van der Waals surface area contributed by atoms with E-state index < -0.39 is 11.9 Å². The van der Waals surface area contributed by atoms with Crippen molar-refractivity contribution >= 4 is 23.2 Å². The summed E-state index contributed by atoms with van der Waals surface area (Å²) in [6, 6.07) is 4.52. The fraction of sp³-hybridized carbons (Fsp3) is 0.250. The van der Waals surface area contributed by atoms with Gasteiger partial charge in [-0.05, 0) is 19.1 Å². The number of alkyl halides is 1. The van der Waals surface area contributed by atoms with Crippen molar-refractivity contribution in [2.45, 2.75) is 18.8 Å². The van der Waals surface area contributed by atoms with E-state index >= 15 is 0 Å². The number of hydrogen-bond acceptors (Lipinski definition) is 2. The lowest BCUT2D eigenvalue weighted by Gasteiger charge is -2.28. The average Bonchev–Trinajstić information content (AvgIpc) is 2.82. The van der Waals surface area contributed by atoms with Crippen molar-refractivity contribution in [2.75, 3.05) is 0 Å². The molecular weight excluding hydrogens is 278 g/mol. The van der Waals surface area contributed by atoms with E-state index in [9.17, 15) is 9.50 Å². The van der Waals surface area contributed by atoms with Crippen molar-refractivity contribution in [1.29, 1.82) is 0 Å². The number of hydrogen-bond donors (Lipinski definition) is 1. The van der Waals surface area contributed by atoms with E-state index in [0.717, 1.165) is 0 Å². The first kappa shape index (κ1) is 13.3. The molecule has 2 unspecified atom stereocenters. The Morgan fingerprint density at radius 1 is 1.44 bits per heavy atom. The molecule has 1 N–H and O–H groups in total. The van der Waals surface area contributed by atoms with Gasteiger partial charge < -0.3 is 9.67 Å². The summed E-state index contributed by atoms with van der Waals surface area (Å²) in [5.41, 5.74) is 0.278. The van der Waals surface area contributed by atoms with Crippen LogP contribution in [0.4, 0.5) is 4.39 Å². The first-order valence-electron chi connectivity index (χ1n) is 5.23. The van der Waals surface area contributed by atoms with Crippen molar-refractivity contribution in [2.24, 2.45) is 0 Å². The highest BCUT2D eigenvalue weighted by Gasteiger charge is 2.36. The van der Waals surface area contributed by atoms with Crippen LogP contribution in [-0.4, -0.2) is 14.7 Å². The molecule has 18 heavy (non-hydrogen) atoms. The minimum absolute atomic E-state index is 0.221. The highest BCUT2D eigenvalue weighted by molar-refractivity contribution is 6.35. The molecule has 2 atom stereocenters. The molecule has 0 spiro atoms. The third kappa shape index (κ3) is 2.36. The van der Waals surface area contributed by atoms with Crippen LogP contribution in [0.5, 0.6) is 0 Å². The lowest BCUT2D eigenvalue weighted by Crippen LogP contribution is -2.31. The molecular formula is C12H11Cl2FN2O. The molecule has 2 aromatic rings. The Bertz CT molecular complexity index is 543. The van der Waals surface area contributed by atoms with Crippen LogP contribution in [0.1, 0.15) is 18.6 Å². The maximum absolute atomic E-state index is 14.6. The molecule has 6 heteroatoms. The van der Waals surface area contributed by atoms with Gasteiger partial charge in [0, 0.05) is 28.0 Å². The van der Waals surface area contributed by atoms with E-state index in [4.69, 9.17) is 23.2 Å². The molecule has 0 aliphatic heterocycles. The van der Waals surface area contributed by atoms with Gasteiger partial charge in [0.2, 0.25) is 5.79 Å². The van der Waals surface area contributed by atoms with Crippen LogP contribution in [0.3, 0.4) is 0 Å². The lowest BCUT2D eigenvalue weighted by atomic mass is 10.0. The second-order valence-corrected chi connectivity index (χ2v) is 4.91. The minimum Gasteiger partial charge on any atom is -0.383 e. The first-order chi connectivity index (χ1) is 8.43. The highest BCUT2D eigenvalue weighted by Crippen LogP contribution is 2.37. The summed E-state index contributed by atoms with van der Waals surface area (Å²) in [6.07, 6.45) is 2.75. The van der Waals surface area contributed by atoms with E-state index in [-0.39, 0.29) is 10.6 Å². The van der Waals surface area contributed by atoms with Gasteiger partial charge >= 0.3 is 0 Å². The summed E-state index contributed by atoms with van der Waals surface area (Å²) in [5.74, 6) is -2.05. The number of halogens is 3. The van der Waals surface area contributed by atoms with E-state index in [1.54, 1.807) is 6.07 Å². The molecule has 2 rings (SSSR count). The van der Waals surface area contributed by atoms with Crippen molar-refractivity contribution in [1.82, 2.24) is 9.55 Å². The molecule has 1 heterocycles. The van der Waals surface area contributed by atoms with E-state index in [2.05, 4.69) is 4.98 Å². The van der Waals surface area contributed by atoms with E-state index in [0.29, 0.717) is 5.02 Å². The number of aromatic nitrogens is 2. The van der Waals surface area contributed by atoms with Crippen molar-refractivity contribution in [3.8, 4) is 0 Å². The SMILES string of the molecule is CC(F)(C(O)c1ccc(Cl)cc1Cl)n1ccnc1. The maximum atomic E-state index is 14.6. The predicted molar refractivity (Wildman–Crippen MR) is 68.4 cm³/mol. The third-order valence-corrected chi connectivity index (χ3v) is 3.33. The summed E-state index contributed by atoms with van der Waals surface area (Å²) >= 11 is 11.7. The molecule has 0 aliphatic rings. The molecule has 1 aromatic carbocycles. The maximum Gasteiger partial charge on any atom is 0.214 e. The standard InChI is InChI=1S/C12H11Cl2FN2O/c1-12(15,17-5-4-16-7-17)11(18)9-3-2-8(13)6-10(9)14/h2-7,11,18H,1H3. The van der Waals surface area contributed by atoms with E-state index in [1.807, 2.05) is 0 Å². The number of aliphatic hydroxyl groups is 1. The number of imidazole rings is 1. The molecule has 0 saturated heterocycles. The van der Waals surface area contributed by atoms with Crippen molar-refractivity contribution in [3.05, 3.63) is 52.5 Å². The molecule has 0 bridgehead atoms. The zero-order chi connectivity index (χ0) is 13.3. The second-order valence-electron chi connectivity index (χ2n) is 4.06. The highest BCUT2D eigenvalue weighted by atomic mass is 35.5. The number of aliphatic hydroxyl groups excluding tert-OH is 1. The van der Waals surface area contributed by atoms with Gasteiger partial charge in [-0.15, -0.1) is 0 Å². The quantitative estimate of drug-likeness (QED) is 0.938. The largest absolute Gasteiger partial charge is 0.383 e. The van der Waals surface area contributed by atoms with Crippen LogP contribution in [0.2, 0.25) is 10.0 Å². The summed E-state index contributed by atoms with van der Waals surface area (Å²) in [5, 5.41) is 10.8. The summed E-state index contributed by atoms with van der Waals surface area (Å²) in [6.45, 7) is 1.25. The normalized spacial score (nSPS) is 16.3. The Hall–Kier alpha value is -1.10. The van der Waals surface area contributed by atoms with Gasteiger partial charge in [0.05, 0.1) is 6.33 Å². The van der Waals surface area contributed by atoms with Gasteiger partial charge in [-0.2, -0.15) is 0 Å². The molecule has 96 valence electrons. The number of benzene rings is 1. The van der Waals surface area contributed by atoms with Crippen molar-refractivity contribution < 1.29 is 9.50 Å². The topological polar surface area (TPSA) is 38.0 Å². The smallest absolute Gasteiger partial charge is 0.214 e. The van der Waals surface area contributed by atoms with Crippen LogP contribution in [0.15, 0.2) is 36.9 Å². The van der Waals surface area contributed by atoms with Crippen molar-refractivity contribution in [3.63, 3.8) is 0 Å². The van der Waals surface area contributed by atoms with Gasteiger partial charge in [0.25, 0.3) is 0 Å². The Morgan fingerprint density at radius 2 is 2.17 bits per heavy atom. The Balaban J connectivity index is 2.39. The summed E-state index contributed by atoms with van der Waals surface area (Å²) < 4.78 is 15.8. The summed E-state index contributed by atoms with van der Waals surface area (Å²) in [7, 11) is 0. The Kier molecular flexibility index (Phi) is 3.61. The number of nitrogens with zero attached hydrogens (tertiary/aromatic N) is 2. The monoisotopic (exact) mass is 288 g/mol. The zero-order valence-electron chi connectivity index (χ0n) is 9.52. The fourth-order valence-electron chi connectivity index (χ4n) is 1.67. The molecule has 1 aromatic heterocycles. The molecule has 0 radical (unpaired) electrons. The van der Waals surface area contributed by atoms with Crippen LogP contribution < -0.4 is 0 Å². The second kappa shape index (κ2) is 4.88. The fourth-order valence-corrected chi connectivity index (χ4v) is 2.18. The molecule has 0 saturated carbocycles. The minimum atomic E-state index is -2.05. The number of rotatable bonds is 3. The van der Waals surface area contributed by atoms with Gasteiger partial charge in [-0.1, -0.05) is 29.3 Å². The Morgan fingerprint density at radius 3 is 2.72 bits per heavy atom. The van der Waals surface area contributed by atoms with Crippen LogP contribution in [0.25, 0.3) is 0 Å². The van der Waals surface area contributed by atoms with Crippen LogP contribution >= 0.6 is 23.2 Å². The molecule has 3 nitrogen and oxygen atoms in total. The predicted octanol–water partition coefficient (Wildman–Crippen LogP) is 3.57. The Labute approximate surface area is 114 Å². The van der Waals surface area contributed by atoms with Crippen LogP contribution in [0, 0.1) is 0 Å². The lowest BCUT2D eigenvalue weighted by molar-refractivity contribution is -0.0563. The summed E-state index contributed by atoms with van der Waals surface area (Å²) in [4.78, 5) is 3.76. The molecule has 0 fully saturated rings. The third-order valence-electron chi connectivity index (χ3n) is 2.77. The van der Waals surface area contributed by atoms with Gasteiger partial charge in [0.15, 0.2) is 0 Å². The van der Waals surface area contributed by atoms with Crippen LogP contribution in [-0.2, 0) is 5.79 Å². The van der Waals surface area contributed by atoms with Gasteiger partial charge in [0.1, 0.15) is 6.10 Å². The zero-order valence-corrected chi connectivity index (χ0v) is 11.0.